The smallest absolute Gasteiger partial charge is 0.302 e. The Morgan fingerprint density at radius 3 is 2.83 bits per heavy atom. The summed E-state index contributed by atoms with van der Waals surface area (Å²) in [6.07, 6.45) is 0.0792. The standard InChI is InChI=1S/C14H16BrNO2/c1-9(17)18-14-11-8-16(13(14)12(11)15)7-10-5-3-2-4-6-10/h2-6,11-14H,7-8H2,1H3/t11-,12-,13+,14+/m0/s1. The molecule has 1 aromatic carbocycles. The van der Waals surface area contributed by atoms with E-state index in [-0.39, 0.29) is 12.1 Å². The van der Waals surface area contributed by atoms with Crippen molar-refractivity contribution < 1.29 is 9.53 Å². The average molecular weight is 310 g/mol. The van der Waals surface area contributed by atoms with Gasteiger partial charge in [0.05, 0.1) is 6.04 Å². The van der Waals surface area contributed by atoms with Crippen LogP contribution in [-0.4, -0.2) is 34.4 Å². The van der Waals surface area contributed by atoms with Gasteiger partial charge in [0.25, 0.3) is 0 Å². The van der Waals surface area contributed by atoms with Gasteiger partial charge in [0, 0.05) is 30.8 Å². The zero-order valence-corrected chi connectivity index (χ0v) is 11.8. The predicted octanol–water partition coefficient (Wildman–Crippen LogP) is 2.20. The molecule has 3 aliphatic rings. The molecule has 0 N–H and O–H groups in total. The van der Waals surface area contributed by atoms with Crippen LogP contribution in [0.15, 0.2) is 30.3 Å². The van der Waals surface area contributed by atoms with E-state index in [1.165, 1.54) is 12.5 Å². The first kappa shape index (κ1) is 12.2. The molecule has 2 aliphatic heterocycles. The second-order valence-electron chi connectivity index (χ2n) is 5.09. The van der Waals surface area contributed by atoms with Crippen molar-refractivity contribution >= 4 is 21.9 Å². The normalized spacial score (nSPS) is 34.1. The first-order valence-corrected chi connectivity index (χ1v) is 7.17. The van der Waals surface area contributed by atoms with Gasteiger partial charge in [0.1, 0.15) is 6.10 Å². The zero-order valence-electron chi connectivity index (χ0n) is 10.3. The summed E-state index contributed by atoms with van der Waals surface area (Å²) >= 11 is 3.70. The minimum Gasteiger partial charge on any atom is -0.460 e. The topological polar surface area (TPSA) is 29.5 Å². The number of alkyl halides is 1. The molecule has 3 nitrogen and oxygen atoms in total. The molecule has 96 valence electrons. The lowest BCUT2D eigenvalue weighted by Crippen LogP contribution is -2.55. The first-order valence-electron chi connectivity index (χ1n) is 6.26. The minimum atomic E-state index is -0.170. The van der Waals surface area contributed by atoms with Crippen molar-refractivity contribution in [1.29, 1.82) is 0 Å². The first-order chi connectivity index (χ1) is 8.66. The third-order valence-corrected chi connectivity index (χ3v) is 5.11. The van der Waals surface area contributed by atoms with Crippen LogP contribution in [0.1, 0.15) is 12.5 Å². The Kier molecular flexibility index (Phi) is 3.16. The van der Waals surface area contributed by atoms with E-state index in [9.17, 15) is 4.79 Å². The van der Waals surface area contributed by atoms with Crippen LogP contribution in [-0.2, 0) is 16.1 Å². The summed E-state index contributed by atoms with van der Waals surface area (Å²) < 4.78 is 5.40. The summed E-state index contributed by atoms with van der Waals surface area (Å²) in [5.41, 5.74) is 1.31. The number of hydrogen-bond donors (Lipinski definition) is 0. The molecule has 0 radical (unpaired) electrons. The Morgan fingerprint density at radius 1 is 1.44 bits per heavy atom. The Balaban J connectivity index is 1.68. The van der Waals surface area contributed by atoms with Gasteiger partial charge in [-0.2, -0.15) is 0 Å². The van der Waals surface area contributed by atoms with Crippen molar-refractivity contribution in [3.63, 3.8) is 0 Å². The quantitative estimate of drug-likeness (QED) is 0.633. The average Bonchev–Trinajstić information content (AvgIpc) is 2.85. The van der Waals surface area contributed by atoms with Crippen molar-refractivity contribution in [1.82, 2.24) is 4.90 Å². The molecule has 0 unspecified atom stereocenters. The highest BCUT2D eigenvalue weighted by Gasteiger charge is 2.60. The summed E-state index contributed by atoms with van der Waals surface area (Å²) in [4.78, 5) is 14.0. The van der Waals surface area contributed by atoms with Crippen LogP contribution in [0, 0.1) is 5.92 Å². The Bertz CT molecular complexity index is 450. The van der Waals surface area contributed by atoms with Gasteiger partial charge in [-0.15, -0.1) is 0 Å². The van der Waals surface area contributed by atoms with Gasteiger partial charge in [-0.05, 0) is 5.56 Å². The van der Waals surface area contributed by atoms with Crippen LogP contribution in [0.25, 0.3) is 0 Å². The van der Waals surface area contributed by atoms with Crippen LogP contribution in [0.2, 0.25) is 0 Å². The molecule has 0 amide bonds. The monoisotopic (exact) mass is 309 g/mol. The van der Waals surface area contributed by atoms with E-state index in [2.05, 4.69) is 45.1 Å². The molecule has 1 aliphatic carbocycles. The number of fused-ring (bicyclic) bond motifs is 1. The molecule has 0 aromatic heterocycles. The van der Waals surface area contributed by atoms with Crippen LogP contribution in [0.3, 0.4) is 0 Å². The van der Waals surface area contributed by atoms with Gasteiger partial charge in [-0.25, -0.2) is 0 Å². The molecular weight excluding hydrogens is 294 g/mol. The van der Waals surface area contributed by atoms with Crippen LogP contribution >= 0.6 is 15.9 Å². The molecule has 0 spiro atoms. The SMILES string of the molecule is CC(=O)O[C@@H]1[C@H]2CN(Cc3ccccc3)[C@@H]1[C@H]2Br. The fourth-order valence-electron chi connectivity index (χ4n) is 3.07. The van der Waals surface area contributed by atoms with Crippen molar-refractivity contribution in [2.24, 2.45) is 5.92 Å². The third kappa shape index (κ3) is 1.97. The summed E-state index contributed by atoms with van der Waals surface area (Å²) in [7, 11) is 0. The summed E-state index contributed by atoms with van der Waals surface area (Å²) in [6.45, 7) is 3.43. The molecule has 3 fully saturated rings. The van der Waals surface area contributed by atoms with Gasteiger partial charge in [0.2, 0.25) is 0 Å². The highest BCUT2D eigenvalue weighted by molar-refractivity contribution is 9.09. The van der Waals surface area contributed by atoms with Gasteiger partial charge >= 0.3 is 5.97 Å². The van der Waals surface area contributed by atoms with E-state index in [1.54, 1.807) is 0 Å². The molecule has 2 bridgehead atoms. The number of hydrogen-bond acceptors (Lipinski definition) is 3. The number of rotatable bonds is 3. The fraction of sp³-hybridized carbons (Fsp3) is 0.500. The van der Waals surface area contributed by atoms with Crippen LogP contribution in [0.4, 0.5) is 0 Å². The summed E-state index contributed by atoms with van der Waals surface area (Å²) in [5, 5.41) is 0. The van der Waals surface area contributed by atoms with Crippen LogP contribution < -0.4 is 0 Å². The summed E-state index contributed by atoms with van der Waals surface area (Å²) in [6, 6.07) is 10.8. The Labute approximate surface area is 115 Å². The van der Waals surface area contributed by atoms with E-state index in [1.807, 2.05) is 6.07 Å². The van der Waals surface area contributed by atoms with E-state index in [4.69, 9.17) is 4.74 Å². The molecule has 1 saturated carbocycles. The van der Waals surface area contributed by atoms with Crippen molar-refractivity contribution in [2.45, 2.75) is 30.4 Å². The van der Waals surface area contributed by atoms with E-state index in [0.717, 1.165) is 13.1 Å². The fourth-order valence-corrected chi connectivity index (χ4v) is 4.17. The molecular formula is C14H16BrNO2. The number of halogens is 1. The molecule has 2 saturated heterocycles. The van der Waals surface area contributed by atoms with Crippen molar-refractivity contribution in [3.05, 3.63) is 35.9 Å². The molecule has 4 atom stereocenters. The molecule has 18 heavy (non-hydrogen) atoms. The number of nitrogens with zero attached hydrogens (tertiary/aromatic N) is 1. The largest absolute Gasteiger partial charge is 0.460 e. The maximum absolute atomic E-state index is 11.1. The van der Waals surface area contributed by atoms with Gasteiger partial charge in [0.15, 0.2) is 0 Å². The lowest BCUT2D eigenvalue weighted by atomic mass is 9.82. The number of carbonyl (C=O) groups excluding carboxylic acids is 1. The lowest BCUT2D eigenvalue weighted by Gasteiger charge is -2.40. The lowest BCUT2D eigenvalue weighted by molar-refractivity contribution is -0.154. The number of carbonyl (C=O) groups is 1. The Morgan fingerprint density at radius 2 is 2.17 bits per heavy atom. The molecule has 4 heteroatoms. The van der Waals surface area contributed by atoms with Crippen LogP contribution in [0.5, 0.6) is 0 Å². The highest BCUT2D eigenvalue weighted by atomic mass is 79.9. The molecule has 2 heterocycles. The molecule has 1 aromatic rings. The number of esters is 1. The minimum absolute atomic E-state index is 0.0792. The predicted molar refractivity (Wildman–Crippen MR) is 72.4 cm³/mol. The Hall–Kier alpha value is -0.870. The second-order valence-corrected chi connectivity index (χ2v) is 6.15. The van der Waals surface area contributed by atoms with E-state index in [0.29, 0.717) is 16.8 Å². The van der Waals surface area contributed by atoms with Crippen molar-refractivity contribution in [3.8, 4) is 0 Å². The van der Waals surface area contributed by atoms with Gasteiger partial charge in [-0.3, -0.25) is 9.69 Å². The number of benzene rings is 1. The van der Waals surface area contributed by atoms with Gasteiger partial charge in [-0.1, -0.05) is 46.3 Å². The van der Waals surface area contributed by atoms with Gasteiger partial charge < -0.3 is 4.74 Å². The second kappa shape index (κ2) is 4.67. The van der Waals surface area contributed by atoms with Crippen molar-refractivity contribution in [2.75, 3.05) is 6.54 Å². The molecule has 4 rings (SSSR count). The van der Waals surface area contributed by atoms with E-state index < -0.39 is 0 Å². The van der Waals surface area contributed by atoms with E-state index >= 15 is 0 Å². The zero-order chi connectivity index (χ0) is 12.7. The highest BCUT2D eigenvalue weighted by Crippen LogP contribution is 2.48. The maximum atomic E-state index is 11.1. The maximum Gasteiger partial charge on any atom is 0.302 e. The number of ether oxygens (including phenoxy) is 1. The third-order valence-electron chi connectivity index (χ3n) is 3.89. The summed E-state index contributed by atoms with van der Waals surface area (Å²) in [5.74, 6) is 0.276.